The van der Waals surface area contributed by atoms with Gasteiger partial charge in [-0.1, -0.05) is 12.1 Å². The van der Waals surface area contributed by atoms with Gasteiger partial charge in [0, 0.05) is 11.8 Å². The lowest BCUT2D eigenvalue weighted by Crippen LogP contribution is -2.23. The van der Waals surface area contributed by atoms with E-state index in [-0.39, 0.29) is 0 Å². The second-order valence-corrected chi connectivity index (χ2v) is 6.40. The number of thioether (sulfide) groups is 1. The number of hydrogen-bond acceptors (Lipinski definition) is 3. The molecule has 1 N–H and O–H groups in total. The number of rotatable bonds is 4. The summed E-state index contributed by atoms with van der Waals surface area (Å²) in [6.07, 6.45) is 5.38. The summed E-state index contributed by atoms with van der Waals surface area (Å²) in [7, 11) is 0. The van der Waals surface area contributed by atoms with Gasteiger partial charge >= 0.3 is 0 Å². The van der Waals surface area contributed by atoms with Gasteiger partial charge in [-0.05, 0) is 55.7 Å². The van der Waals surface area contributed by atoms with Gasteiger partial charge in [-0.3, -0.25) is 0 Å². The molecular weight excluding hydrogens is 242 g/mol. The van der Waals surface area contributed by atoms with Crippen molar-refractivity contribution in [3.63, 3.8) is 0 Å². The summed E-state index contributed by atoms with van der Waals surface area (Å²) >= 11 is 2.00. The topological polar surface area (TPSA) is 21.3 Å². The van der Waals surface area contributed by atoms with Crippen LogP contribution in [0.5, 0.6) is 5.75 Å². The molecular formula is C15H21NOS. The fraction of sp³-hybridized carbons (Fsp3) is 0.600. The van der Waals surface area contributed by atoms with Crippen LogP contribution in [0.3, 0.4) is 0 Å². The first-order valence-electron chi connectivity index (χ1n) is 6.97. The Morgan fingerprint density at radius 2 is 2.33 bits per heavy atom. The average Bonchev–Trinajstić information content (AvgIpc) is 3.03. The number of ether oxygens (including phenoxy) is 1. The molecule has 2 atom stereocenters. The summed E-state index contributed by atoms with van der Waals surface area (Å²) in [5.41, 5.74) is 1.40. The molecule has 2 aliphatic heterocycles. The lowest BCUT2D eigenvalue weighted by molar-refractivity contribution is 0.229. The van der Waals surface area contributed by atoms with Gasteiger partial charge in [0.1, 0.15) is 11.9 Å². The molecule has 3 heteroatoms. The molecule has 2 unspecified atom stereocenters. The Labute approximate surface area is 113 Å². The highest BCUT2D eigenvalue weighted by molar-refractivity contribution is 7.99. The number of hydrogen-bond donors (Lipinski definition) is 1. The second kappa shape index (κ2) is 5.98. The minimum atomic E-state index is 0.426. The van der Waals surface area contributed by atoms with Crippen LogP contribution in [0, 0.1) is 0 Å². The third-order valence-corrected chi connectivity index (χ3v) is 4.87. The highest BCUT2D eigenvalue weighted by atomic mass is 32.2. The SMILES string of the molecule is c1cc(CC2CCCN2)cc(OC2CCSC2)c1. The lowest BCUT2D eigenvalue weighted by Gasteiger charge is -2.14. The largest absolute Gasteiger partial charge is 0.490 e. The highest BCUT2D eigenvalue weighted by Crippen LogP contribution is 2.24. The van der Waals surface area contributed by atoms with E-state index in [1.807, 2.05) is 11.8 Å². The standard InChI is InChI=1S/C15H21NOS/c1-3-12(9-13-4-2-7-16-13)10-14(5-1)17-15-6-8-18-11-15/h1,3,5,10,13,15-16H,2,4,6-9,11H2. The molecule has 2 nitrogen and oxygen atoms in total. The molecule has 2 heterocycles. The average molecular weight is 263 g/mol. The molecule has 18 heavy (non-hydrogen) atoms. The smallest absolute Gasteiger partial charge is 0.120 e. The first kappa shape index (κ1) is 12.4. The van der Waals surface area contributed by atoms with Crippen molar-refractivity contribution in [2.45, 2.75) is 37.8 Å². The molecule has 0 bridgehead atoms. The normalized spacial score (nSPS) is 27.6. The zero-order chi connectivity index (χ0) is 12.2. The monoisotopic (exact) mass is 263 g/mol. The van der Waals surface area contributed by atoms with Crippen molar-refractivity contribution >= 4 is 11.8 Å². The van der Waals surface area contributed by atoms with Crippen LogP contribution in [-0.4, -0.2) is 30.2 Å². The van der Waals surface area contributed by atoms with E-state index in [2.05, 4.69) is 29.6 Å². The van der Waals surface area contributed by atoms with Crippen LogP contribution in [0.4, 0.5) is 0 Å². The third kappa shape index (κ3) is 3.21. The van der Waals surface area contributed by atoms with Gasteiger partial charge in [-0.2, -0.15) is 11.8 Å². The van der Waals surface area contributed by atoms with Crippen molar-refractivity contribution in [1.82, 2.24) is 5.32 Å². The molecule has 0 aromatic heterocycles. The van der Waals surface area contributed by atoms with E-state index in [1.165, 1.54) is 37.1 Å². The maximum Gasteiger partial charge on any atom is 0.120 e. The summed E-state index contributed by atoms with van der Waals surface area (Å²) in [5, 5.41) is 3.55. The van der Waals surface area contributed by atoms with Gasteiger partial charge in [-0.15, -0.1) is 0 Å². The molecule has 0 radical (unpaired) electrons. The Morgan fingerprint density at radius 1 is 1.33 bits per heavy atom. The summed E-state index contributed by atoms with van der Waals surface area (Å²) in [4.78, 5) is 0. The quantitative estimate of drug-likeness (QED) is 0.902. The van der Waals surface area contributed by atoms with Gasteiger partial charge in [0.2, 0.25) is 0 Å². The van der Waals surface area contributed by atoms with Crippen molar-refractivity contribution in [1.29, 1.82) is 0 Å². The minimum absolute atomic E-state index is 0.426. The highest BCUT2D eigenvalue weighted by Gasteiger charge is 2.18. The van der Waals surface area contributed by atoms with Crippen LogP contribution < -0.4 is 10.1 Å². The molecule has 3 rings (SSSR count). The van der Waals surface area contributed by atoms with E-state index in [0.29, 0.717) is 12.1 Å². The summed E-state index contributed by atoms with van der Waals surface area (Å²) < 4.78 is 6.04. The maximum atomic E-state index is 6.04. The number of nitrogens with one attached hydrogen (secondary N) is 1. The molecule has 0 aliphatic carbocycles. The molecule has 0 saturated carbocycles. The van der Waals surface area contributed by atoms with Gasteiger partial charge in [-0.25, -0.2) is 0 Å². The van der Waals surface area contributed by atoms with E-state index in [1.54, 1.807) is 0 Å². The van der Waals surface area contributed by atoms with Gasteiger partial charge in [0.15, 0.2) is 0 Å². The van der Waals surface area contributed by atoms with E-state index >= 15 is 0 Å². The van der Waals surface area contributed by atoms with E-state index in [4.69, 9.17) is 4.74 Å². The maximum absolute atomic E-state index is 6.04. The first-order chi connectivity index (χ1) is 8.90. The van der Waals surface area contributed by atoms with Crippen LogP contribution >= 0.6 is 11.8 Å². The van der Waals surface area contributed by atoms with Crippen LogP contribution in [0.15, 0.2) is 24.3 Å². The lowest BCUT2D eigenvalue weighted by atomic mass is 10.0. The fourth-order valence-electron chi connectivity index (χ4n) is 2.76. The van der Waals surface area contributed by atoms with E-state index < -0.39 is 0 Å². The van der Waals surface area contributed by atoms with Crippen LogP contribution in [0.25, 0.3) is 0 Å². The van der Waals surface area contributed by atoms with Gasteiger partial charge in [0.25, 0.3) is 0 Å². The number of benzene rings is 1. The zero-order valence-corrected chi connectivity index (χ0v) is 11.5. The Bertz CT molecular complexity index is 351. The molecule has 0 amide bonds. The molecule has 1 aromatic rings. The minimum Gasteiger partial charge on any atom is -0.490 e. The summed E-state index contributed by atoms with van der Waals surface area (Å²) in [6.45, 7) is 1.18. The Balaban J connectivity index is 1.60. The van der Waals surface area contributed by atoms with Gasteiger partial charge < -0.3 is 10.1 Å². The molecule has 2 saturated heterocycles. The van der Waals surface area contributed by atoms with Crippen LogP contribution in [0.2, 0.25) is 0 Å². The molecule has 2 fully saturated rings. The molecule has 1 aromatic carbocycles. The van der Waals surface area contributed by atoms with E-state index in [0.717, 1.165) is 17.9 Å². The van der Waals surface area contributed by atoms with Crippen molar-refractivity contribution in [2.75, 3.05) is 18.1 Å². The Morgan fingerprint density at radius 3 is 3.11 bits per heavy atom. The van der Waals surface area contributed by atoms with Crippen molar-refractivity contribution in [2.24, 2.45) is 0 Å². The third-order valence-electron chi connectivity index (χ3n) is 3.73. The van der Waals surface area contributed by atoms with Crippen molar-refractivity contribution < 1.29 is 4.74 Å². The molecule has 2 aliphatic rings. The zero-order valence-electron chi connectivity index (χ0n) is 10.7. The second-order valence-electron chi connectivity index (χ2n) is 5.25. The summed E-state index contributed by atoms with van der Waals surface area (Å²) in [6, 6.07) is 9.33. The Hall–Kier alpha value is -0.670. The van der Waals surface area contributed by atoms with Crippen molar-refractivity contribution in [3.8, 4) is 5.75 Å². The van der Waals surface area contributed by atoms with Crippen LogP contribution in [0.1, 0.15) is 24.8 Å². The predicted octanol–water partition coefficient (Wildman–Crippen LogP) is 2.87. The van der Waals surface area contributed by atoms with Gasteiger partial charge in [0.05, 0.1) is 0 Å². The van der Waals surface area contributed by atoms with Crippen LogP contribution in [-0.2, 0) is 6.42 Å². The molecule has 0 spiro atoms. The predicted molar refractivity (Wildman–Crippen MR) is 77.5 cm³/mol. The van der Waals surface area contributed by atoms with E-state index in [9.17, 15) is 0 Å². The molecule has 98 valence electrons. The van der Waals surface area contributed by atoms with Crippen molar-refractivity contribution in [3.05, 3.63) is 29.8 Å². The Kier molecular flexibility index (Phi) is 4.11. The first-order valence-corrected chi connectivity index (χ1v) is 8.12. The fourth-order valence-corrected chi connectivity index (χ4v) is 3.85. The summed E-state index contributed by atoms with van der Waals surface area (Å²) in [5.74, 6) is 3.45.